The zero-order chi connectivity index (χ0) is 23.7. The number of pyridine rings is 1. The van der Waals surface area contributed by atoms with Crippen LogP contribution in [0.2, 0.25) is 0 Å². The Kier molecular flexibility index (Phi) is 6.62. The van der Waals surface area contributed by atoms with Crippen molar-refractivity contribution >= 4 is 33.3 Å². The lowest BCUT2D eigenvalue weighted by Crippen LogP contribution is -2.46. The number of amides is 1. The van der Waals surface area contributed by atoms with Crippen molar-refractivity contribution < 1.29 is 9.53 Å². The quantitative estimate of drug-likeness (QED) is 0.555. The number of aromatic nitrogens is 3. The van der Waals surface area contributed by atoms with Crippen molar-refractivity contribution in [2.45, 2.75) is 39.3 Å². The minimum atomic E-state index is -0.139. The van der Waals surface area contributed by atoms with E-state index in [2.05, 4.69) is 36.1 Å². The summed E-state index contributed by atoms with van der Waals surface area (Å²) < 4.78 is 5.33. The Morgan fingerprint density at radius 2 is 2.09 bits per heavy atom. The fourth-order valence-electron chi connectivity index (χ4n) is 4.58. The normalized spacial score (nSPS) is 19.1. The number of aromatic amines is 1. The number of fused-ring (bicyclic) bond motifs is 1. The van der Waals surface area contributed by atoms with Crippen molar-refractivity contribution in [3.63, 3.8) is 0 Å². The summed E-state index contributed by atoms with van der Waals surface area (Å²) in [6, 6.07) is 5.95. The number of H-pyrrole nitrogens is 1. The lowest BCUT2D eigenvalue weighted by Gasteiger charge is -2.36. The van der Waals surface area contributed by atoms with E-state index in [4.69, 9.17) is 4.74 Å². The monoisotopic (exact) mass is 482 g/mol. The summed E-state index contributed by atoms with van der Waals surface area (Å²) in [6.07, 6.45) is 1.48. The molecule has 5 heterocycles. The number of aryl methyl sites for hydroxylation is 2. The lowest BCUT2D eigenvalue weighted by molar-refractivity contribution is 0.0924. The molecule has 0 aliphatic carbocycles. The number of thiophene rings is 1. The largest absolute Gasteiger partial charge is 0.379 e. The molecular weight excluding hydrogens is 452 g/mol. The summed E-state index contributed by atoms with van der Waals surface area (Å²) in [6.45, 7) is 9.68. The standard InChI is InChI=1S/C24H30N6O3S/c1-3-18-22(31)27-20-12-17(34-24(20)28-18)13-29-7-9-30(10-8-29)21-5-4-19(25-15(21)2)23(32)26-16-6-11-33-14-16/h4-5,12,16H,3,6-11,13-14H2,1-2H3,(H,26,32)(H,27,31)/t16-/m1/s1. The van der Waals surface area contributed by atoms with Crippen LogP contribution in [-0.2, 0) is 17.7 Å². The maximum Gasteiger partial charge on any atom is 0.270 e. The average Bonchev–Trinajstić information content (AvgIpc) is 3.48. The van der Waals surface area contributed by atoms with Gasteiger partial charge >= 0.3 is 0 Å². The Morgan fingerprint density at radius 1 is 1.26 bits per heavy atom. The first kappa shape index (κ1) is 22.9. The lowest BCUT2D eigenvalue weighted by atomic mass is 10.2. The third-order valence-electron chi connectivity index (χ3n) is 6.49. The van der Waals surface area contributed by atoms with Gasteiger partial charge in [-0.3, -0.25) is 14.5 Å². The minimum absolute atomic E-state index is 0.0769. The number of anilines is 1. The summed E-state index contributed by atoms with van der Waals surface area (Å²) in [5, 5.41) is 3.00. The number of rotatable bonds is 6. The summed E-state index contributed by atoms with van der Waals surface area (Å²) >= 11 is 1.65. The number of carbonyl (C=O) groups is 1. The van der Waals surface area contributed by atoms with Gasteiger partial charge in [-0.1, -0.05) is 6.92 Å². The Labute approximate surface area is 202 Å². The summed E-state index contributed by atoms with van der Waals surface area (Å²) in [4.78, 5) is 43.5. The van der Waals surface area contributed by atoms with Crippen molar-refractivity contribution in [2.24, 2.45) is 0 Å². The van der Waals surface area contributed by atoms with E-state index in [1.807, 2.05) is 26.0 Å². The van der Waals surface area contributed by atoms with E-state index < -0.39 is 0 Å². The van der Waals surface area contributed by atoms with Gasteiger partial charge in [0.05, 0.1) is 29.5 Å². The van der Waals surface area contributed by atoms with Crippen LogP contribution in [-0.4, -0.2) is 71.2 Å². The van der Waals surface area contributed by atoms with Crippen LogP contribution in [0.5, 0.6) is 0 Å². The Morgan fingerprint density at radius 3 is 2.79 bits per heavy atom. The summed E-state index contributed by atoms with van der Waals surface area (Å²) in [5.74, 6) is -0.139. The van der Waals surface area contributed by atoms with E-state index in [1.54, 1.807) is 11.3 Å². The predicted octanol–water partition coefficient (Wildman–Crippen LogP) is 2.09. The van der Waals surface area contributed by atoms with Crippen molar-refractivity contribution in [3.8, 4) is 0 Å². The van der Waals surface area contributed by atoms with E-state index in [0.29, 0.717) is 31.0 Å². The second-order valence-electron chi connectivity index (χ2n) is 8.90. The second-order valence-corrected chi connectivity index (χ2v) is 10.0. The van der Waals surface area contributed by atoms with Crippen LogP contribution in [0.1, 0.15) is 40.1 Å². The second kappa shape index (κ2) is 9.81. The number of nitrogens with one attached hydrogen (secondary N) is 2. The van der Waals surface area contributed by atoms with E-state index in [9.17, 15) is 9.59 Å². The maximum absolute atomic E-state index is 12.5. The van der Waals surface area contributed by atoms with Crippen LogP contribution in [0.4, 0.5) is 5.69 Å². The smallest absolute Gasteiger partial charge is 0.270 e. The molecule has 2 aliphatic rings. The highest BCUT2D eigenvalue weighted by molar-refractivity contribution is 7.18. The van der Waals surface area contributed by atoms with Gasteiger partial charge in [0.1, 0.15) is 16.2 Å². The highest BCUT2D eigenvalue weighted by atomic mass is 32.1. The van der Waals surface area contributed by atoms with Crippen molar-refractivity contribution in [2.75, 3.05) is 44.3 Å². The number of nitrogens with zero attached hydrogens (tertiary/aromatic N) is 4. The fourth-order valence-corrected chi connectivity index (χ4v) is 5.63. The first-order chi connectivity index (χ1) is 16.5. The predicted molar refractivity (Wildman–Crippen MR) is 133 cm³/mol. The van der Waals surface area contributed by atoms with Crippen LogP contribution in [0.25, 0.3) is 10.3 Å². The SMILES string of the molecule is CCc1nc2sc(CN3CCN(c4ccc(C(=O)N[C@@H]5CCOC5)nc4C)CC3)cc2[nH]c1=O. The molecule has 2 aliphatic heterocycles. The molecule has 1 amide bonds. The molecule has 180 valence electrons. The van der Waals surface area contributed by atoms with Crippen LogP contribution in [0, 0.1) is 6.92 Å². The molecule has 2 N–H and O–H groups in total. The van der Waals surface area contributed by atoms with Gasteiger partial charge < -0.3 is 19.9 Å². The third kappa shape index (κ3) is 4.84. The van der Waals surface area contributed by atoms with Gasteiger partial charge in [-0.25, -0.2) is 9.97 Å². The van der Waals surface area contributed by atoms with E-state index in [1.165, 1.54) is 4.88 Å². The molecule has 2 fully saturated rings. The minimum Gasteiger partial charge on any atom is -0.379 e. The molecule has 34 heavy (non-hydrogen) atoms. The highest BCUT2D eigenvalue weighted by Crippen LogP contribution is 2.25. The van der Waals surface area contributed by atoms with E-state index in [0.717, 1.165) is 60.9 Å². The number of carbonyl (C=O) groups excluding carboxylic acids is 1. The Bertz CT molecular complexity index is 1240. The van der Waals surface area contributed by atoms with Crippen LogP contribution in [0.15, 0.2) is 23.0 Å². The van der Waals surface area contributed by atoms with E-state index >= 15 is 0 Å². The Hall–Kier alpha value is -2.82. The van der Waals surface area contributed by atoms with Gasteiger partial charge in [0.2, 0.25) is 0 Å². The highest BCUT2D eigenvalue weighted by Gasteiger charge is 2.22. The molecule has 1 atom stereocenters. The van der Waals surface area contributed by atoms with Gasteiger partial charge in [-0.05, 0) is 38.0 Å². The number of hydrogen-bond donors (Lipinski definition) is 2. The van der Waals surface area contributed by atoms with Gasteiger partial charge in [0.25, 0.3) is 11.5 Å². The van der Waals surface area contributed by atoms with Gasteiger partial charge in [-0.15, -0.1) is 11.3 Å². The Balaban J connectivity index is 1.19. The number of hydrogen-bond acceptors (Lipinski definition) is 8. The molecule has 0 spiro atoms. The van der Waals surface area contributed by atoms with Crippen LogP contribution >= 0.6 is 11.3 Å². The fraction of sp³-hybridized carbons (Fsp3) is 0.500. The zero-order valence-electron chi connectivity index (χ0n) is 19.6. The average molecular weight is 483 g/mol. The third-order valence-corrected chi connectivity index (χ3v) is 7.51. The summed E-state index contributed by atoms with van der Waals surface area (Å²) in [7, 11) is 0. The molecule has 2 saturated heterocycles. The first-order valence-corrected chi connectivity index (χ1v) is 12.7. The van der Waals surface area contributed by atoms with Gasteiger partial charge in [0, 0.05) is 44.2 Å². The maximum atomic E-state index is 12.5. The molecule has 0 aromatic carbocycles. The molecule has 10 heteroatoms. The van der Waals surface area contributed by atoms with Crippen molar-refractivity contribution in [1.29, 1.82) is 0 Å². The number of piperazine rings is 1. The van der Waals surface area contributed by atoms with Gasteiger partial charge in [0.15, 0.2) is 0 Å². The van der Waals surface area contributed by atoms with E-state index in [-0.39, 0.29) is 17.5 Å². The topological polar surface area (TPSA) is 103 Å². The summed E-state index contributed by atoms with van der Waals surface area (Å²) in [5.41, 5.74) is 3.73. The van der Waals surface area contributed by atoms with Crippen LogP contribution in [0.3, 0.4) is 0 Å². The molecule has 9 nitrogen and oxygen atoms in total. The van der Waals surface area contributed by atoms with Crippen molar-refractivity contribution in [3.05, 3.63) is 50.5 Å². The first-order valence-electron chi connectivity index (χ1n) is 11.9. The van der Waals surface area contributed by atoms with Gasteiger partial charge in [-0.2, -0.15) is 0 Å². The number of ether oxygens (including phenoxy) is 1. The molecule has 3 aromatic heterocycles. The molecule has 0 bridgehead atoms. The van der Waals surface area contributed by atoms with Crippen LogP contribution < -0.4 is 15.8 Å². The molecule has 5 rings (SSSR count). The molecule has 0 saturated carbocycles. The van der Waals surface area contributed by atoms with Crippen molar-refractivity contribution in [1.82, 2.24) is 25.2 Å². The zero-order valence-corrected chi connectivity index (χ0v) is 20.4. The molecule has 3 aromatic rings. The molecule has 0 radical (unpaired) electrons. The molecule has 0 unspecified atom stereocenters. The molecular formula is C24H30N6O3S.